The molecule has 2 rings (SSSR count). The highest BCUT2D eigenvalue weighted by Gasteiger charge is 2.30. The Morgan fingerprint density at radius 3 is 2.55 bits per heavy atom. The van der Waals surface area contributed by atoms with Gasteiger partial charge < -0.3 is 10.2 Å². The predicted molar refractivity (Wildman–Crippen MR) is 89.6 cm³/mol. The zero-order valence-electron chi connectivity index (χ0n) is 13.2. The van der Waals surface area contributed by atoms with Crippen LogP contribution in [0, 0.1) is 0 Å². The van der Waals surface area contributed by atoms with Crippen molar-refractivity contribution in [2.75, 3.05) is 18.0 Å². The number of allylic oxidation sites excluding steroid dienone is 1. The summed E-state index contributed by atoms with van der Waals surface area (Å²) in [6.07, 6.45) is 2.35. The molecule has 0 unspecified atom stereocenters. The third-order valence-electron chi connectivity index (χ3n) is 4.03. The average Bonchev–Trinajstić information content (AvgIpc) is 2.36. The van der Waals surface area contributed by atoms with Crippen LogP contribution in [0.25, 0.3) is 5.57 Å². The van der Waals surface area contributed by atoms with Gasteiger partial charge in [0.05, 0.1) is 5.54 Å². The highest BCUT2D eigenvalue weighted by atomic mass is 35.5. The standard InChI is InChI=1S/C17H25ClN2/c1-6-19-11-13-8-14-12(3)10-17(4,5)20(7-2)16(14)9-15(13)18/h8-10,19H,6-7,11H2,1-5H3. The Bertz CT molecular complexity index is 532. The van der Waals surface area contributed by atoms with Crippen molar-refractivity contribution in [2.45, 2.75) is 46.7 Å². The smallest absolute Gasteiger partial charge is 0.0534 e. The van der Waals surface area contributed by atoms with Crippen LogP contribution in [0.3, 0.4) is 0 Å². The van der Waals surface area contributed by atoms with Gasteiger partial charge in [-0.2, -0.15) is 0 Å². The van der Waals surface area contributed by atoms with E-state index < -0.39 is 0 Å². The molecule has 110 valence electrons. The van der Waals surface area contributed by atoms with E-state index in [2.05, 4.69) is 63.0 Å². The van der Waals surface area contributed by atoms with E-state index in [0.717, 1.165) is 24.7 Å². The van der Waals surface area contributed by atoms with E-state index in [4.69, 9.17) is 11.6 Å². The number of halogens is 1. The van der Waals surface area contributed by atoms with Gasteiger partial charge in [-0.1, -0.05) is 24.6 Å². The molecule has 3 heteroatoms. The number of rotatable bonds is 4. The molecular weight excluding hydrogens is 268 g/mol. The molecule has 0 amide bonds. The van der Waals surface area contributed by atoms with Gasteiger partial charge in [0.1, 0.15) is 0 Å². The minimum Gasteiger partial charge on any atom is -0.363 e. The summed E-state index contributed by atoms with van der Waals surface area (Å²) in [4.78, 5) is 2.41. The molecule has 1 heterocycles. The van der Waals surface area contributed by atoms with Gasteiger partial charge in [0.25, 0.3) is 0 Å². The maximum atomic E-state index is 6.47. The van der Waals surface area contributed by atoms with Crippen molar-refractivity contribution in [3.8, 4) is 0 Å². The summed E-state index contributed by atoms with van der Waals surface area (Å²) in [5.74, 6) is 0. The second kappa shape index (κ2) is 5.79. The summed E-state index contributed by atoms with van der Waals surface area (Å²) in [5.41, 5.74) is 5.12. The van der Waals surface area contributed by atoms with Crippen LogP contribution >= 0.6 is 11.6 Å². The molecule has 20 heavy (non-hydrogen) atoms. The molecule has 0 bridgehead atoms. The lowest BCUT2D eigenvalue weighted by Crippen LogP contribution is -2.44. The third kappa shape index (κ3) is 2.72. The largest absolute Gasteiger partial charge is 0.363 e. The first-order valence-corrected chi connectivity index (χ1v) is 7.79. The number of hydrogen-bond donors (Lipinski definition) is 1. The van der Waals surface area contributed by atoms with E-state index in [1.807, 2.05) is 0 Å². The average molecular weight is 293 g/mol. The van der Waals surface area contributed by atoms with Crippen molar-refractivity contribution in [2.24, 2.45) is 0 Å². The quantitative estimate of drug-likeness (QED) is 0.881. The number of likely N-dealkylation sites (N-methyl/N-ethyl adjacent to an activating group) is 1. The first-order valence-electron chi connectivity index (χ1n) is 7.41. The minimum atomic E-state index is 0.0400. The first-order chi connectivity index (χ1) is 9.40. The SMILES string of the molecule is CCNCc1cc2c(cc1Cl)N(CC)C(C)(C)C=C2C. The molecule has 1 aliphatic rings. The van der Waals surface area contributed by atoms with Crippen LogP contribution in [-0.2, 0) is 6.54 Å². The van der Waals surface area contributed by atoms with Crippen LogP contribution in [-0.4, -0.2) is 18.6 Å². The van der Waals surface area contributed by atoms with Crippen molar-refractivity contribution in [1.82, 2.24) is 5.32 Å². The Labute approximate surface area is 127 Å². The van der Waals surface area contributed by atoms with Crippen LogP contribution in [0.2, 0.25) is 5.02 Å². The van der Waals surface area contributed by atoms with Crippen LogP contribution in [0.4, 0.5) is 5.69 Å². The molecule has 0 saturated carbocycles. The lowest BCUT2D eigenvalue weighted by atomic mass is 9.88. The molecule has 0 radical (unpaired) electrons. The predicted octanol–water partition coefficient (Wildman–Crippen LogP) is 4.47. The second-order valence-corrected chi connectivity index (χ2v) is 6.37. The number of benzene rings is 1. The zero-order chi connectivity index (χ0) is 14.9. The Morgan fingerprint density at radius 1 is 1.25 bits per heavy atom. The fourth-order valence-electron chi connectivity index (χ4n) is 3.12. The maximum absolute atomic E-state index is 6.47. The summed E-state index contributed by atoms with van der Waals surface area (Å²) < 4.78 is 0. The Hall–Kier alpha value is -0.990. The molecule has 2 nitrogen and oxygen atoms in total. The molecule has 1 N–H and O–H groups in total. The van der Waals surface area contributed by atoms with E-state index in [9.17, 15) is 0 Å². The van der Waals surface area contributed by atoms with Crippen molar-refractivity contribution >= 4 is 22.9 Å². The van der Waals surface area contributed by atoms with E-state index in [1.54, 1.807) is 0 Å². The zero-order valence-corrected chi connectivity index (χ0v) is 13.9. The highest BCUT2D eigenvalue weighted by Crippen LogP contribution is 2.41. The molecule has 0 fully saturated rings. The number of fused-ring (bicyclic) bond motifs is 1. The van der Waals surface area contributed by atoms with Crippen LogP contribution in [0.1, 0.15) is 45.7 Å². The van der Waals surface area contributed by atoms with Gasteiger partial charge in [0.2, 0.25) is 0 Å². The lowest BCUT2D eigenvalue weighted by Gasteiger charge is -2.43. The second-order valence-electron chi connectivity index (χ2n) is 5.97. The third-order valence-corrected chi connectivity index (χ3v) is 4.38. The summed E-state index contributed by atoms with van der Waals surface area (Å²) in [7, 11) is 0. The maximum Gasteiger partial charge on any atom is 0.0534 e. The number of hydrogen-bond acceptors (Lipinski definition) is 2. The van der Waals surface area contributed by atoms with E-state index >= 15 is 0 Å². The number of anilines is 1. The van der Waals surface area contributed by atoms with Gasteiger partial charge in [-0.25, -0.2) is 0 Å². The van der Waals surface area contributed by atoms with Crippen molar-refractivity contribution in [3.05, 3.63) is 34.4 Å². The van der Waals surface area contributed by atoms with Crippen LogP contribution < -0.4 is 10.2 Å². The molecule has 0 aromatic heterocycles. The van der Waals surface area contributed by atoms with Gasteiger partial charge in [-0.05, 0) is 57.5 Å². The summed E-state index contributed by atoms with van der Waals surface area (Å²) in [6, 6.07) is 4.37. The lowest BCUT2D eigenvalue weighted by molar-refractivity contribution is 0.566. The van der Waals surface area contributed by atoms with Crippen molar-refractivity contribution < 1.29 is 0 Å². The summed E-state index contributed by atoms with van der Waals surface area (Å²) in [5, 5.41) is 4.21. The summed E-state index contributed by atoms with van der Waals surface area (Å²) in [6.45, 7) is 13.8. The van der Waals surface area contributed by atoms with E-state index in [-0.39, 0.29) is 5.54 Å². The van der Waals surface area contributed by atoms with E-state index in [1.165, 1.54) is 22.4 Å². The molecule has 1 aromatic rings. The molecule has 0 saturated heterocycles. The number of nitrogens with zero attached hydrogens (tertiary/aromatic N) is 1. The van der Waals surface area contributed by atoms with Crippen molar-refractivity contribution in [1.29, 1.82) is 0 Å². The minimum absolute atomic E-state index is 0.0400. The van der Waals surface area contributed by atoms with Gasteiger partial charge in [0.15, 0.2) is 0 Å². The summed E-state index contributed by atoms with van der Waals surface area (Å²) >= 11 is 6.47. The Balaban J connectivity index is 2.51. The Kier molecular flexibility index (Phi) is 4.46. The molecule has 0 atom stereocenters. The molecule has 0 aliphatic carbocycles. The molecule has 1 aliphatic heterocycles. The van der Waals surface area contributed by atoms with Crippen LogP contribution in [0.15, 0.2) is 18.2 Å². The molecule has 0 spiro atoms. The topological polar surface area (TPSA) is 15.3 Å². The Morgan fingerprint density at radius 2 is 1.95 bits per heavy atom. The van der Waals surface area contributed by atoms with Gasteiger partial charge in [0, 0.05) is 29.4 Å². The molecular formula is C17H25ClN2. The van der Waals surface area contributed by atoms with Gasteiger partial charge in [-0.15, -0.1) is 0 Å². The monoisotopic (exact) mass is 292 g/mol. The van der Waals surface area contributed by atoms with Crippen LogP contribution in [0.5, 0.6) is 0 Å². The fourth-order valence-corrected chi connectivity index (χ4v) is 3.34. The van der Waals surface area contributed by atoms with E-state index in [0.29, 0.717) is 0 Å². The van der Waals surface area contributed by atoms with Gasteiger partial charge >= 0.3 is 0 Å². The van der Waals surface area contributed by atoms with Crippen molar-refractivity contribution in [3.63, 3.8) is 0 Å². The highest BCUT2D eigenvalue weighted by molar-refractivity contribution is 6.31. The fraction of sp³-hybridized carbons (Fsp3) is 0.529. The normalized spacial score (nSPS) is 16.9. The first kappa shape index (κ1) is 15.4. The van der Waals surface area contributed by atoms with Gasteiger partial charge in [-0.3, -0.25) is 0 Å². The molecule has 1 aromatic carbocycles. The number of nitrogens with one attached hydrogen (secondary N) is 1.